The lowest BCUT2D eigenvalue weighted by Gasteiger charge is -2.21. The number of hydrogen-bond acceptors (Lipinski definition) is 4. The first-order valence-electron chi connectivity index (χ1n) is 6.88. The number of carbonyl (C=O) groups excluding carboxylic acids is 1. The number of amides is 1. The molecule has 2 heterocycles. The first kappa shape index (κ1) is 15.5. The lowest BCUT2D eigenvalue weighted by atomic mass is 10.2. The largest absolute Gasteiger partial charge is 0.435 e. The van der Waals surface area contributed by atoms with Crippen LogP contribution in [-0.4, -0.2) is 27.1 Å². The first-order valence-corrected chi connectivity index (χ1v) is 8.79. The molecule has 1 amide bonds. The molecular weight excluding hydrogens is 417 g/mol. The van der Waals surface area contributed by atoms with Crippen LogP contribution in [0.1, 0.15) is 23.2 Å². The van der Waals surface area contributed by atoms with Crippen LogP contribution in [0, 0.1) is 0 Å². The normalized spacial score (nSPS) is 13.2. The zero-order valence-corrected chi connectivity index (χ0v) is 14.5. The predicted octanol–water partition coefficient (Wildman–Crippen LogP) is 4.10. The molecule has 3 rings (SSSR count). The minimum absolute atomic E-state index is 0.162. The highest BCUT2D eigenvalue weighted by molar-refractivity contribution is 14.1. The first-order chi connectivity index (χ1) is 10.7. The number of hydrogen-bond donors (Lipinski definition) is 0. The topological polar surface area (TPSA) is 55.3 Å². The Bertz CT molecular complexity index is 711. The smallest absolute Gasteiger partial charge is 0.264 e. The van der Waals surface area contributed by atoms with Gasteiger partial charge in [0, 0.05) is 6.54 Å². The molecule has 0 radical (unpaired) electrons. The third kappa shape index (κ3) is 3.03. The van der Waals surface area contributed by atoms with Crippen LogP contribution in [0.2, 0.25) is 5.15 Å². The molecule has 22 heavy (non-hydrogen) atoms. The van der Waals surface area contributed by atoms with E-state index in [0.29, 0.717) is 17.9 Å². The van der Waals surface area contributed by atoms with E-state index in [2.05, 4.69) is 32.8 Å². The van der Waals surface area contributed by atoms with Gasteiger partial charge >= 0.3 is 0 Å². The molecule has 0 spiro atoms. The van der Waals surface area contributed by atoms with Crippen molar-refractivity contribution in [2.75, 3.05) is 15.9 Å². The molecule has 7 heteroatoms. The summed E-state index contributed by atoms with van der Waals surface area (Å²) >= 11 is 8.22. The summed E-state index contributed by atoms with van der Waals surface area (Å²) < 4.78 is 6.83. The van der Waals surface area contributed by atoms with Gasteiger partial charge in [0.1, 0.15) is 5.56 Å². The lowest BCUT2D eigenvalue weighted by molar-refractivity contribution is 0.0986. The second kappa shape index (κ2) is 6.78. The van der Waals surface area contributed by atoms with Crippen LogP contribution < -0.4 is 9.64 Å². The number of fused-ring (bicyclic) bond motifs is 2. The van der Waals surface area contributed by atoms with Gasteiger partial charge in [-0.05, 0) is 35.5 Å². The second-order valence-corrected chi connectivity index (χ2v) is 6.27. The Labute approximate surface area is 146 Å². The summed E-state index contributed by atoms with van der Waals surface area (Å²) in [5.41, 5.74) is 1.08. The van der Waals surface area contributed by atoms with Gasteiger partial charge in [-0.25, -0.2) is 0 Å². The Balaban J connectivity index is 2.05. The third-order valence-electron chi connectivity index (χ3n) is 3.33. The molecule has 114 valence electrons. The van der Waals surface area contributed by atoms with Crippen LogP contribution in [0.25, 0.3) is 0 Å². The number of ether oxygens (including phenoxy) is 1. The van der Waals surface area contributed by atoms with Crippen LogP contribution in [0.4, 0.5) is 5.69 Å². The van der Waals surface area contributed by atoms with E-state index in [1.165, 1.54) is 6.07 Å². The molecule has 1 aromatic heterocycles. The molecule has 0 saturated heterocycles. The van der Waals surface area contributed by atoms with Crippen molar-refractivity contribution in [3.8, 4) is 11.6 Å². The zero-order valence-electron chi connectivity index (χ0n) is 11.6. The number of alkyl halides is 1. The maximum atomic E-state index is 12.9. The van der Waals surface area contributed by atoms with Gasteiger partial charge in [-0.15, -0.1) is 10.2 Å². The summed E-state index contributed by atoms with van der Waals surface area (Å²) in [6, 6.07) is 8.94. The molecule has 0 saturated carbocycles. The molecule has 1 aromatic carbocycles. The van der Waals surface area contributed by atoms with Gasteiger partial charge in [0.2, 0.25) is 0 Å². The van der Waals surface area contributed by atoms with Crippen molar-refractivity contribution in [3.05, 3.63) is 41.0 Å². The molecule has 0 aliphatic carbocycles. The Morgan fingerprint density at radius 1 is 1.23 bits per heavy atom. The van der Waals surface area contributed by atoms with Crippen molar-refractivity contribution in [2.24, 2.45) is 0 Å². The Hall–Kier alpha value is -1.41. The van der Waals surface area contributed by atoms with Crippen molar-refractivity contribution >= 4 is 45.8 Å². The van der Waals surface area contributed by atoms with Gasteiger partial charge < -0.3 is 9.64 Å². The van der Waals surface area contributed by atoms with Gasteiger partial charge in [0.05, 0.1) is 5.69 Å². The fraction of sp³-hybridized carbons (Fsp3) is 0.267. The minimum Gasteiger partial charge on any atom is -0.435 e. The molecule has 0 atom stereocenters. The van der Waals surface area contributed by atoms with E-state index in [-0.39, 0.29) is 16.9 Å². The van der Waals surface area contributed by atoms with Crippen LogP contribution in [-0.2, 0) is 0 Å². The highest BCUT2D eigenvalue weighted by Gasteiger charge is 2.29. The third-order valence-corrected chi connectivity index (χ3v) is 4.28. The van der Waals surface area contributed by atoms with E-state index in [4.69, 9.17) is 16.3 Å². The number of unbranched alkanes of at least 4 members (excludes halogenated alkanes) is 1. The van der Waals surface area contributed by atoms with Gasteiger partial charge in [0.25, 0.3) is 11.8 Å². The van der Waals surface area contributed by atoms with Gasteiger partial charge in [-0.1, -0.05) is 46.3 Å². The Morgan fingerprint density at radius 3 is 2.86 bits per heavy atom. The molecule has 1 aliphatic heterocycles. The van der Waals surface area contributed by atoms with Crippen LogP contribution >= 0.6 is 34.2 Å². The molecule has 0 bridgehead atoms. The summed E-state index contributed by atoms with van der Waals surface area (Å²) in [5.74, 6) is 0.629. The van der Waals surface area contributed by atoms with Gasteiger partial charge in [-0.3, -0.25) is 4.79 Å². The van der Waals surface area contributed by atoms with Crippen molar-refractivity contribution in [1.29, 1.82) is 0 Å². The highest BCUT2D eigenvalue weighted by Crippen LogP contribution is 2.38. The van der Waals surface area contributed by atoms with Gasteiger partial charge in [-0.2, -0.15) is 0 Å². The number of rotatable bonds is 4. The maximum absolute atomic E-state index is 12.9. The fourth-order valence-corrected chi connectivity index (χ4v) is 2.98. The Kier molecular flexibility index (Phi) is 4.77. The van der Waals surface area contributed by atoms with Crippen LogP contribution in [0.5, 0.6) is 11.6 Å². The minimum atomic E-state index is -0.162. The van der Waals surface area contributed by atoms with Crippen LogP contribution in [0.15, 0.2) is 30.3 Å². The number of anilines is 1. The molecular formula is C15H13ClIN3O2. The standard InChI is InChI=1S/C15H13ClIN3O2/c16-13-9-10-14(19-18-13)22-12-6-2-1-5-11(12)20(15(10)21)8-4-3-7-17/h1-2,5-6,9H,3-4,7-8H2. The molecule has 2 aromatic rings. The van der Waals surface area contributed by atoms with E-state index < -0.39 is 0 Å². The molecule has 1 aliphatic rings. The summed E-state index contributed by atoms with van der Waals surface area (Å²) in [5, 5.41) is 7.84. The van der Waals surface area contributed by atoms with E-state index in [9.17, 15) is 4.79 Å². The predicted molar refractivity (Wildman–Crippen MR) is 93.4 cm³/mol. The molecule has 0 fully saturated rings. The average molecular weight is 430 g/mol. The quantitative estimate of drug-likeness (QED) is 0.417. The fourth-order valence-electron chi connectivity index (χ4n) is 2.30. The monoisotopic (exact) mass is 429 g/mol. The average Bonchev–Trinajstić information content (AvgIpc) is 2.64. The van der Waals surface area contributed by atoms with Gasteiger partial charge in [0.15, 0.2) is 10.9 Å². The summed E-state index contributed by atoms with van der Waals surface area (Å²) in [4.78, 5) is 14.6. The zero-order chi connectivity index (χ0) is 15.5. The number of halogens is 2. The number of benzene rings is 1. The van der Waals surface area contributed by atoms with Crippen molar-refractivity contribution < 1.29 is 9.53 Å². The van der Waals surface area contributed by atoms with Crippen molar-refractivity contribution in [1.82, 2.24) is 10.2 Å². The van der Waals surface area contributed by atoms with E-state index >= 15 is 0 Å². The van der Waals surface area contributed by atoms with Crippen molar-refractivity contribution in [2.45, 2.75) is 12.8 Å². The number of nitrogens with zero attached hydrogens (tertiary/aromatic N) is 3. The number of aromatic nitrogens is 2. The van der Waals surface area contributed by atoms with Crippen LogP contribution in [0.3, 0.4) is 0 Å². The lowest BCUT2D eigenvalue weighted by Crippen LogP contribution is -2.31. The summed E-state index contributed by atoms with van der Waals surface area (Å²) in [6.07, 6.45) is 1.97. The summed E-state index contributed by atoms with van der Waals surface area (Å²) in [6.45, 7) is 0.627. The SMILES string of the molecule is O=C1c2cc(Cl)nnc2Oc2ccccc2N1CCCCI. The molecule has 0 N–H and O–H groups in total. The van der Waals surface area contributed by atoms with Crippen molar-refractivity contribution in [3.63, 3.8) is 0 Å². The van der Waals surface area contributed by atoms with E-state index in [0.717, 1.165) is 23.0 Å². The summed E-state index contributed by atoms with van der Waals surface area (Å²) in [7, 11) is 0. The highest BCUT2D eigenvalue weighted by atomic mass is 127. The number of para-hydroxylation sites is 2. The second-order valence-electron chi connectivity index (χ2n) is 4.81. The van der Waals surface area contributed by atoms with E-state index in [1.54, 1.807) is 4.90 Å². The Morgan fingerprint density at radius 2 is 2.05 bits per heavy atom. The molecule has 0 unspecified atom stereocenters. The molecule has 5 nitrogen and oxygen atoms in total. The van der Waals surface area contributed by atoms with E-state index in [1.807, 2.05) is 24.3 Å². The number of carbonyl (C=O) groups is 1. The maximum Gasteiger partial charge on any atom is 0.264 e.